The molecular weight excluding hydrogens is 492 g/mol. The minimum atomic E-state index is -3.69. The van der Waals surface area contributed by atoms with E-state index in [2.05, 4.69) is 5.32 Å². The smallest absolute Gasteiger partial charge is 0.262 e. The molecule has 1 aliphatic rings. The maximum Gasteiger partial charge on any atom is 0.262 e. The van der Waals surface area contributed by atoms with Crippen molar-refractivity contribution in [2.75, 3.05) is 32.1 Å². The fraction of sp³-hybridized carbons (Fsp3) is 0.286. The molecule has 3 aromatic rings. The van der Waals surface area contributed by atoms with Gasteiger partial charge in [0, 0.05) is 24.2 Å². The molecule has 0 spiro atoms. The molecule has 1 heterocycles. The van der Waals surface area contributed by atoms with Gasteiger partial charge in [0.05, 0.1) is 17.7 Å². The molecule has 0 bridgehead atoms. The number of amides is 1. The third-order valence-corrected chi connectivity index (χ3v) is 8.06. The monoisotopic (exact) mass is 522 g/mol. The molecule has 1 amide bonds. The number of ketones is 1. The standard InChI is InChI=1S/C28H30N2O6S/c1-35-26-16-15-24(37(33,34)30-17-7-2-3-8-18-30)19-25(26)29-27(31)20-36-23-13-11-22(12-14-23)28(32)21-9-5-4-6-10-21/h4-6,9-16,19H,2-3,7-8,17-18,20H2,1H3,(H,29,31). The molecule has 0 aliphatic carbocycles. The van der Waals surface area contributed by atoms with Gasteiger partial charge in [-0.05, 0) is 55.3 Å². The summed E-state index contributed by atoms with van der Waals surface area (Å²) in [6, 6.07) is 19.9. The van der Waals surface area contributed by atoms with Crippen LogP contribution in [0, 0.1) is 0 Å². The minimum Gasteiger partial charge on any atom is -0.495 e. The predicted octanol–water partition coefficient (Wildman–Crippen LogP) is 4.51. The average Bonchev–Trinajstić information content (AvgIpc) is 3.23. The summed E-state index contributed by atoms with van der Waals surface area (Å²) in [5.41, 5.74) is 1.34. The van der Waals surface area contributed by atoms with E-state index >= 15 is 0 Å². The van der Waals surface area contributed by atoms with E-state index in [0.717, 1.165) is 25.7 Å². The van der Waals surface area contributed by atoms with Gasteiger partial charge in [0.15, 0.2) is 12.4 Å². The SMILES string of the molecule is COc1ccc(S(=O)(=O)N2CCCCCC2)cc1NC(=O)COc1ccc(C(=O)c2ccccc2)cc1. The van der Waals surface area contributed by atoms with Crippen molar-refractivity contribution in [2.45, 2.75) is 30.6 Å². The van der Waals surface area contributed by atoms with Gasteiger partial charge in [-0.3, -0.25) is 9.59 Å². The number of anilines is 1. The lowest BCUT2D eigenvalue weighted by Crippen LogP contribution is -2.32. The summed E-state index contributed by atoms with van der Waals surface area (Å²) in [7, 11) is -2.24. The lowest BCUT2D eigenvalue weighted by molar-refractivity contribution is -0.118. The summed E-state index contributed by atoms with van der Waals surface area (Å²) < 4.78 is 38.7. The molecule has 0 saturated carbocycles. The topological polar surface area (TPSA) is 102 Å². The quantitative estimate of drug-likeness (QED) is 0.415. The lowest BCUT2D eigenvalue weighted by atomic mass is 10.0. The predicted molar refractivity (Wildman–Crippen MR) is 141 cm³/mol. The number of carbonyl (C=O) groups excluding carboxylic acids is 2. The summed E-state index contributed by atoms with van der Waals surface area (Å²) in [4.78, 5) is 25.3. The Morgan fingerprint density at radius 2 is 1.51 bits per heavy atom. The molecule has 4 rings (SSSR count). The number of nitrogens with zero attached hydrogens (tertiary/aromatic N) is 1. The van der Waals surface area contributed by atoms with Gasteiger partial charge in [-0.25, -0.2) is 8.42 Å². The van der Waals surface area contributed by atoms with Gasteiger partial charge >= 0.3 is 0 Å². The normalized spacial score (nSPS) is 14.4. The van der Waals surface area contributed by atoms with Crippen LogP contribution in [0.15, 0.2) is 77.7 Å². The summed E-state index contributed by atoms with van der Waals surface area (Å²) in [6.45, 7) is 0.664. The number of hydrogen-bond donors (Lipinski definition) is 1. The number of nitrogens with one attached hydrogen (secondary N) is 1. The number of sulfonamides is 1. The average molecular weight is 523 g/mol. The van der Waals surface area contributed by atoms with Crippen LogP contribution in [0.2, 0.25) is 0 Å². The highest BCUT2D eigenvalue weighted by molar-refractivity contribution is 7.89. The van der Waals surface area contributed by atoms with Crippen LogP contribution in [0.5, 0.6) is 11.5 Å². The number of ether oxygens (including phenoxy) is 2. The molecule has 0 radical (unpaired) electrons. The number of hydrogen-bond acceptors (Lipinski definition) is 6. The molecule has 0 atom stereocenters. The van der Waals surface area contributed by atoms with E-state index in [1.807, 2.05) is 6.07 Å². The fourth-order valence-electron chi connectivity index (χ4n) is 4.17. The summed E-state index contributed by atoms with van der Waals surface area (Å²) >= 11 is 0. The van der Waals surface area contributed by atoms with Crippen molar-refractivity contribution in [2.24, 2.45) is 0 Å². The van der Waals surface area contributed by atoms with E-state index in [-0.39, 0.29) is 23.0 Å². The van der Waals surface area contributed by atoms with E-state index in [0.29, 0.717) is 35.7 Å². The van der Waals surface area contributed by atoms with E-state index in [4.69, 9.17) is 9.47 Å². The molecule has 194 valence electrons. The van der Waals surface area contributed by atoms with E-state index in [1.54, 1.807) is 48.5 Å². The van der Waals surface area contributed by atoms with Crippen LogP contribution < -0.4 is 14.8 Å². The van der Waals surface area contributed by atoms with Gasteiger partial charge in [0.2, 0.25) is 10.0 Å². The van der Waals surface area contributed by atoms with Crippen LogP contribution in [0.25, 0.3) is 0 Å². The largest absolute Gasteiger partial charge is 0.495 e. The highest BCUT2D eigenvalue weighted by Gasteiger charge is 2.26. The number of benzene rings is 3. The van der Waals surface area contributed by atoms with Crippen LogP contribution in [0.4, 0.5) is 5.69 Å². The number of methoxy groups -OCH3 is 1. The van der Waals surface area contributed by atoms with Crippen molar-refractivity contribution < 1.29 is 27.5 Å². The van der Waals surface area contributed by atoms with Gasteiger partial charge in [-0.1, -0.05) is 43.2 Å². The van der Waals surface area contributed by atoms with Crippen LogP contribution in [-0.2, 0) is 14.8 Å². The summed E-state index contributed by atoms with van der Waals surface area (Å²) in [5, 5.41) is 2.68. The summed E-state index contributed by atoms with van der Waals surface area (Å²) in [6.07, 6.45) is 3.69. The van der Waals surface area contributed by atoms with E-state index in [9.17, 15) is 18.0 Å². The van der Waals surface area contributed by atoms with Gasteiger partial charge in [0.1, 0.15) is 11.5 Å². The van der Waals surface area contributed by atoms with Crippen LogP contribution in [-0.4, -0.2) is 51.2 Å². The second-order valence-corrected chi connectivity index (χ2v) is 10.7. The van der Waals surface area contributed by atoms with Gasteiger partial charge in [0.25, 0.3) is 5.91 Å². The third-order valence-electron chi connectivity index (χ3n) is 6.17. The maximum absolute atomic E-state index is 13.2. The van der Waals surface area contributed by atoms with Crippen molar-refractivity contribution in [3.8, 4) is 11.5 Å². The molecule has 9 heteroatoms. The zero-order valence-electron chi connectivity index (χ0n) is 20.7. The highest BCUT2D eigenvalue weighted by atomic mass is 32.2. The molecule has 1 saturated heterocycles. The second kappa shape index (κ2) is 12.0. The van der Waals surface area contributed by atoms with E-state index in [1.165, 1.54) is 29.6 Å². The highest BCUT2D eigenvalue weighted by Crippen LogP contribution is 2.30. The molecule has 8 nitrogen and oxygen atoms in total. The second-order valence-electron chi connectivity index (χ2n) is 8.74. The Hall–Kier alpha value is -3.69. The minimum absolute atomic E-state index is 0.102. The molecular formula is C28H30N2O6S. The van der Waals surface area contributed by atoms with Crippen molar-refractivity contribution in [3.05, 3.63) is 83.9 Å². The number of rotatable bonds is 9. The Labute approximate surface area is 217 Å². The Balaban J connectivity index is 1.40. The first-order valence-corrected chi connectivity index (χ1v) is 13.6. The molecule has 1 fully saturated rings. The number of carbonyl (C=O) groups is 2. The maximum atomic E-state index is 13.2. The van der Waals surface area contributed by atoms with Crippen LogP contribution in [0.3, 0.4) is 0 Å². The summed E-state index contributed by atoms with van der Waals surface area (Å²) in [5.74, 6) is 0.176. The fourth-order valence-corrected chi connectivity index (χ4v) is 5.71. The Kier molecular flexibility index (Phi) is 8.58. The van der Waals surface area contributed by atoms with Crippen molar-refractivity contribution >= 4 is 27.4 Å². The van der Waals surface area contributed by atoms with Gasteiger partial charge in [-0.15, -0.1) is 0 Å². The first-order chi connectivity index (χ1) is 17.9. The first kappa shape index (κ1) is 26.4. The third kappa shape index (κ3) is 6.55. The lowest BCUT2D eigenvalue weighted by Gasteiger charge is -2.21. The van der Waals surface area contributed by atoms with Gasteiger partial charge < -0.3 is 14.8 Å². The zero-order chi connectivity index (χ0) is 26.3. The molecule has 0 unspecified atom stereocenters. The van der Waals surface area contributed by atoms with Crippen LogP contribution >= 0.6 is 0 Å². The van der Waals surface area contributed by atoms with Crippen molar-refractivity contribution in [1.29, 1.82) is 0 Å². The Morgan fingerprint density at radius 1 is 0.865 bits per heavy atom. The van der Waals surface area contributed by atoms with Crippen molar-refractivity contribution in [1.82, 2.24) is 4.31 Å². The molecule has 0 aromatic heterocycles. The Bertz CT molecular complexity index is 1330. The van der Waals surface area contributed by atoms with Crippen molar-refractivity contribution in [3.63, 3.8) is 0 Å². The Morgan fingerprint density at radius 3 is 2.16 bits per heavy atom. The first-order valence-electron chi connectivity index (χ1n) is 12.2. The van der Waals surface area contributed by atoms with E-state index < -0.39 is 15.9 Å². The zero-order valence-corrected chi connectivity index (χ0v) is 21.5. The molecule has 37 heavy (non-hydrogen) atoms. The molecule has 1 aliphatic heterocycles. The van der Waals surface area contributed by atoms with Crippen LogP contribution in [0.1, 0.15) is 41.6 Å². The molecule has 1 N–H and O–H groups in total. The van der Waals surface area contributed by atoms with Gasteiger partial charge in [-0.2, -0.15) is 4.31 Å². The molecule has 3 aromatic carbocycles.